The van der Waals surface area contributed by atoms with Crippen LogP contribution in [-0.2, 0) is 14.8 Å². The Labute approximate surface area is 187 Å². The van der Waals surface area contributed by atoms with Crippen molar-refractivity contribution in [2.24, 2.45) is 0 Å². The minimum Gasteiger partial charge on any atom is -0.454 e. The largest absolute Gasteiger partial charge is 0.454 e. The molecule has 1 amide bonds. The Morgan fingerprint density at radius 3 is 2.12 bits per heavy atom. The van der Waals surface area contributed by atoms with E-state index < -0.39 is 22.0 Å². The SMILES string of the molecule is CCS(=O)(=O)N(CC(=O)NC(c1ccccc1)c1ccccc1)c1ccc2c(c1)OCO2. The normalized spacial score (nSPS) is 12.6. The molecule has 0 saturated carbocycles. The number of amides is 1. The van der Waals surface area contributed by atoms with Crippen molar-refractivity contribution in [3.05, 3.63) is 90.0 Å². The van der Waals surface area contributed by atoms with E-state index in [1.54, 1.807) is 25.1 Å². The summed E-state index contributed by atoms with van der Waals surface area (Å²) in [6, 6.07) is 23.5. The van der Waals surface area contributed by atoms with Crippen molar-refractivity contribution < 1.29 is 22.7 Å². The van der Waals surface area contributed by atoms with Crippen molar-refractivity contribution in [3.8, 4) is 11.5 Å². The Hall–Kier alpha value is -3.52. The molecule has 0 fully saturated rings. The number of ether oxygens (including phenoxy) is 2. The van der Waals surface area contributed by atoms with Crippen LogP contribution in [0, 0.1) is 0 Å². The third kappa shape index (κ3) is 4.70. The van der Waals surface area contributed by atoms with Crippen LogP contribution in [0.4, 0.5) is 5.69 Å². The lowest BCUT2D eigenvalue weighted by molar-refractivity contribution is -0.120. The number of hydrogen-bond donors (Lipinski definition) is 1. The first-order chi connectivity index (χ1) is 15.5. The van der Waals surface area contributed by atoms with E-state index in [9.17, 15) is 13.2 Å². The van der Waals surface area contributed by atoms with Crippen LogP contribution >= 0.6 is 0 Å². The smallest absolute Gasteiger partial charge is 0.241 e. The number of sulfonamides is 1. The molecule has 1 aliphatic heterocycles. The minimum atomic E-state index is -3.71. The van der Waals surface area contributed by atoms with Crippen LogP contribution in [-0.4, -0.2) is 33.4 Å². The fraction of sp³-hybridized carbons (Fsp3) is 0.208. The number of rotatable bonds is 8. The molecule has 0 aliphatic carbocycles. The maximum Gasteiger partial charge on any atom is 0.241 e. The average Bonchev–Trinajstić information content (AvgIpc) is 3.30. The molecule has 4 rings (SSSR count). The molecule has 3 aromatic rings. The fourth-order valence-corrected chi connectivity index (χ4v) is 4.59. The lowest BCUT2D eigenvalue weighted by atomic mass is 9.99. The molecule has 3 aromatic carbocycles. The van der Waals surface area contributed by atoms with E-state index in [0.717, 1.165) is 15.4 Å². The summed E-state index contributed by atoms with van der Waals surface area (Å²) in [6.07, 6.45) is 0. The van der Waals surface area contributed by atoms with E-state index in [4.69, 9.17) is 9.47 Å². The van der Waals surface area contributed by atoms with Gasteiger partial charge in [0.15, 0.2) is 11.5 Å². The molecule has 166 valence electrons. The summed E-state index contributed by atoms with van der Waals surface area (Å²) in [4.78, 5) is 13.1. The van der Waals surface area contributed by atoms with Crippen LogP contribution < -0.4 is 19.1 Å². The second kappa shape index (κ2) is 9.32. The molecule has 1 aliphatic rings. The van der Waals surface area contributed by atoms with Crippen molar-refractivity contribution in [3.63, 3.8) is 0 Å². The topological polar surface area (TPSA) is 84.9 Å². The standard InChI is InChI=1S/C24H24N2O5S/c1-2-32(28,29)26(20-13-14-21-22(15-20)31-17-30-21)16-23(27)25-24(18-9-5-3-6-10-18)19-11-7-4-8-12-19/h3-15,24H,2,16-17H2,1H3,(H,25,27). The number of benzene rings is 3. The molecule has 8 heteroatoms. The average molecular weight is 453 g/mol. The van der Waals surface area contributed by atoms with E-state index in [1.807, 2.05) is 60.7 Å². The summed E-state index contributed by atoms with van der Waals surface area (Å²) < 4.78 is 37.5. The van der Waals surface area contributed by atoms with Crippen LogP contribution in [0.3, 0.4) is 0 Å². The zero-order chi connectivity index (χ0) is 22.6. The Bertz CT molecular complexity index is 1140. The van der Waals surface area contributed by atoms with Gasteiger partial charge in [0.2, 0.25) is 22.7 Å². The summed E-state index contributed by atoms with van der Waals surface area (Å²) in [5, 5.41) is 3.00. The fourth-order valence-electron chi connectivity index (χ4n) is 3.53. The highest BCUT2D eigenvalue weighted by Crippen LogP contribution is 2.36. The van der Waals surface area contributed by atoms with Crippen molar-refractivity contribution in [2.45, 2.75) is 13.0 Å². The Kier molecular flexibility index (Phi) is 6.32. The van der Waals surface area contributed by atoms with Crippen LogP contribution in [0.5, 0.6) is 11.5 Å². The highest BCUT2D eigenvalue weighted by molar-refractivity contribution is 7.92. The predicted octanol–water partition coefficient (Wildman–Crippen LogP) is 3.48. The van der Waals surface area contributed by atoms with Gasteiger partial charge < -0.3 is 14.8 Å². The third-order valence-corrected chi connectivity index (χ3v) is 6.94. The minimum absolute atomic E-state index is 0.0790. The van der Waals surface area contributed by atoms with Crippen molar-refractivity contribution >= 4 is 21.6 Å². The lowest BCUT2D eigenvalue weighted by Crippen LogP contribution is -2.42. The Morgan fingerprint density at radius 1 is 0.938 bits per heavy atom. The van der Waals surface area contributed by atoms with E-state index in [0.29, 0.717) is 17.2 Å². The number of nitrogens with one attached hydrogen (secondary N) is 1. The van der Waals surface area contributed by atoms with Gasteiger partial charge in [0.05, 0.1) is 17.5 Å². The van der Waals surface area contributed by atoms with Gasteiger partial charge in [-0.15, -0.1) is 0 Å². The van der Waals surface area contributed by atoms with E-state index in [1.165, 1.54) is 0 Å². The number of carbonyl (C=O) groups excluding carboxylic acids is 1. The highest BCUT2D eigenvalue weighted by atomic mass is 32.2. The highest BCUT2D eigenvalue weighted by Gasteiger charge is 2.27. The van der Waals surface area contributed by atoms with Gasteiger partial charge in [-0.3, -0.25) is 9.10 Å². The van der Waals surface area contributed by atoms with Gasteiger partial charge in [-0.1, -0.05) is 60.7 Å². The molecule has 0 atom stereocenters. The molecule has 1 N–H and O–H groups in total. The first kappa shape index (κ1) is 21.7. The summed E-state index contributed by atoms with van der Waals surface area (Å²) in [6.45, 7) is 1.27. The maximum atomic E-state index is 13.1. The number of carbonyl (C=O) groups is 1. The van der Waals surface area contributed by atoms with E-state index in [-0.39, 0.29) is 19.1 Å². The second-order valence-corrected chi connectivity index (χ2v) is 9.45. The molecule has 0 saturated heterocycles. The predicted molar refractivity (Wildman–Crippen MR) is 122 cm³/mol. The van der Waals surface area contributed by atoms with Gasteiger partial charge >= 0.3 is 0 Å². The molecule has 0 unspecified atom stereocenters. The molecule has 7 nitrogen and oxygen atoms in total. The molecule has 0 aromatic heterocycles. The molecule has 32 heavy (non-hydrogen) atoms. The monoisotopic (exact) mass is 452 g/mol. The summed E-state index contributed by atoms with van der Waals surface area (Å²) >= 11 is 0. The molecule has 0 bridgehead atoms. The zero-order valence-corrected chi connectivity index (χ0v) is 18.4. The van der Waals surface area contributed by atoms with Crippen LogP contribution in [0.15, 0.2) is 78.9 Å². The summed E-state index contributed by atoms with van der Waals surface area (Å²) in [5.74, 6) is 0.429. The second-order valence-electron chi connectivity index (χ2n) is 7.27. The first-order valence-electron chi connectivity index (χ1n) is 10.3. The summed E-state index contributed by atoms with van der Waals surface area (Å²) in [5.41, 5.74) is 2.15. The molecular weight excluding hydrogens is 428 g/mol. The molecule has 1 heterocycles. The summed E-state index contributed by atoms with van der Waals surface area (Å²) in [7, 11) is -3.71. The van der Waals surface area contributed by atoms with Crippen molar-refractivity contribution in [1.29, 1.82) is 0 Å². The van der Waals surface area contributed by atoms with Gasteiger partial charge in [-0.2, -0.15) is 0 Å². The van der Waals surface area contributed by atoms with Crippen LogP contribution in [0.2, 0.25) is 0 Å². The van der Waals surface area contributed by atoms with Crippen molar-refractivity contribution in [1.82, 2.24) is 5.32 Å². The van der Waals surface area contributed by atoms with Gasteiger partial charge in [0, 0.05) is 6.07 Å². The Balaban J connectivity index is 1.61. The Morgan fingerprint density at radius 2 is 1.53 bits per heavy atom. The molecule has 0 spiro atoms. The molecule has 0 radical (unpaired) electrons. The number of fused-ring (bicyclic) bond motifs is 1. The quantitative estimate of drug-likeness (QED) is 0.566. The van der Waals surface area contributed by atoms with E-state index >= 15 is 0 Å². The zero-order valence-electron chi connectivity index (χ0n) is 17.6. The van der Waals surface area contributed by atoms with Crippen LogP contribution in [0.25, 0.3) is 0 Å². The van der Waals surface area contributed by atoms with Crippen molar-refractivity contribution in [2.75, 3.05) is 23.4 Å². The maximum absolute atomic E-state index is 13.1. The third-order valence-electron chi connectivity index (χ3n) is 5.20. The van der Waals surface area contributed by atoms with Gasteiger partial charge in [-0.05, 0) is 30.2 Å². The lowest BCUT2D eigenvalue weighted by Gasteiger charge is -2.26. The molecular formula is C24H24N2O5S. The van der Waals surface area contributed by atoms with Gasteiger partial charge in [0.25, 0.3) is 0 Å². The number of anilines is 1. The number of hydrogen-bond acceptors (Lipinski definition) is 5. The van der Waals surface area contributed by atoms with E-state index in [2.05, 4.69) is 5.32 Å². The van der Waals surface area contributed by atoms with Gasteiger partial charge in [0.1, 0.15) is 6.54 Å². The number of nitrogens with zero attached hydrogens (tertiary/aromatic N) is 1. The first-order valence-corrected chi connectivity index (χ1v) is 11.9. The van der Waals surface area contributed by atoms with Crippen LogP contribution in [0.1, 0.15) is 24.1 Å². The van der Waals surface area contributed by atoms with Gasteiger partial charge in [-0.25, -0.2) is 8.42 Å².